The van der Waals surface area contributed by atoms with Gasteiger partial charge in [-0.15, -0.1) is 0 Å². The van der Waals surface area contributed by atoms with Gasteiger partial charge in [0.1, 0.15) is 0 Å². The van der Waals surface area contributed by atoms with Crippen LogP contribution in [0.5, 0.6) is 0 Å². The normalized spacial score (nSPS) is 11.0. The summed E-state index contributed by atoms with van der Waals surface area (Å²) in [7, 11) is 0. The van der Waals surface area contributed by atoms with E-state index in [1.807, 2.05) is 42.7 Å². The van der Waals surface area contributed by atoms with Crippen LogP contribution in [0.1, 0.15) is 11.1 Å². The van der Waals surface area contributed by atoms with E-state index in [0.29, 0.717) is 6.54 Å². The Morgan fingerprint density at radius 1 is 1.00 bits per heavy atom. The molecule has 0 spiro atoms. The fourth-order valence-electron chi connectivity index (χ4n) is 2.63. The largest absolute Gasteiger partial charge is 0.395 e. The fourth-order valence-corrected chi connectivity index (χ4v) is 2.63. The summed E-state index contributed by atoms with van der Waals surface area (Å²) in [4.78, 5) is 6.37. The van der Waals surface area contributed by atoms with Crippen molar-refractivity contribution in [1.29, 1.82) is 0 Å². The van der Waals surface area contributed by atoms with Gasteiger partial charge in [-0.05, 0) is 17.7 Å². The summed E-state index contributed by atoms with van der Waals surface area (Å²) in [5.74, 6) is 0. The van der Waals surface area contributed by atoms with Crippen molar-refractivity contribution in [2.24, 2.45) is 0 Å². The van der Waals surface area contributed by atoms with Gasteiger partial charge in [0.2, 0.25) is 0 Å². The predicted octanol–water partition coefficient (Wildman–Crippen LogP) is 2.47. The molecule has 0 fully saturated rings. The van der Waals surface area contributed by atoms with E-state index in [9.17, 15) is 5.11 Å². The molecule has 5 nitrogen and oxygen atoms in total. The Hall–Kier alpha value is -2.50. The van der Waals surface area contributed by atoms with E-state index in [-0.39, 0.29) is 6.61 Å². The number of rotatable bonds is 7. The standard InChI is InChI=1S/C18H20N4O/c23-10-9-22(13-15-5-2-1-3-6-15)14-17-12-20-21-18(17)16-7-4-8-19-11-16/h1-8,11-12,23H,9-10,13-14H2,(H,20,21). The van der Waals surface area contributed by atoms with Crippen LogP contribution in [0.3, 0.4) is 0 Å². The van der Waals surface area contributed by atoms with Gasteiger partial charge in [0, 0.05) is 43.2 Å². The van der Waals surface area contributed by atoms with Crippen LogP contribution in [0.25, 0.3) is 11.3 Å². The lowest BCUT2D eigenvalue weighted by Gasteiger charge is -2.21. The second-order valence-corrected chi connectivity index (χ2v) is 5.43. The number of H-pyrrole nitrogens is 1. The maximum atomic E-state index is 9.35. The molecule has 23 heavy (non-hydrogen) atoms. The number of nitrogens with one attached hydrogen (secondary N) is 1. The van der Waals surface area contributed by atoms with Crippen molar-refractivity contribution >= 4 is 0 Å². The minimum absolute atomic E-state index is 0.132. The molecule has 0 radical (unpaired) electrons. The number of aromatic nitrogens is 3. The summed E-state index contributed by atoms with van der Waals surface area (Å²) >= 11 is 0. The summed E-state index contributed by atoms with van der Waals surface area (Å²) in [5, 5.41) is 16.6. The second-order valence-electron chi connectivity index (χ2n) is 5.43. The summed E-state index contributed by atoms with van der Waals surface area (Å²) in [6, 6.07) is 14.2. The van der Waals surface area contributed by atoms with Crippen LogP contribution < -0.4 is 0 Å². The van der Waals surface area contributed by atoms with E-state index in [0.717, 1.165) is 29.9 Å². The fraction of sp³-hybridized carbons (Fsp3) is 0.222. The van der Waals surface area contributed by atoms with E-state index >= 15 is 0 Å². The molecule has 1 aromatic carbocycles. The lowest BCUT2D eigenvalue weighted by Crippen LogP contribution is -2.26. The van der Waals surface area contributed by atoms with Crippen LogP contribution >= 0.6 is 0 Å². The molecule has 3 aromatic rings. The van der Waals surface area contributed by atoms with Crippen LogP contribution in [-0.4, -0.2) is 38.3 Å². The molecule has 5 heteroatoms. The smallest absolute Gasteiger partial charge is 0.0710 e. The van der Waals surface area contributed by atoms with Gasteiger partial charge in [-0.2, -0.15) is 5.10 Å². The van der Waals surface area contributed by atoms with Crippen LogP contribution in [-0.2, 0) is 13.1 Å². The van der Waals surface area contributed by atoms with Crippen molar-refractivity contribution in [3.8, 4) is 11.3 Å². The topological polar surface area (TPSA) is 65.0 Å². The molecular formula is C18H20N4O. The highest BCUT2D eigenvalue weighted by atomic mass is 16.3. The second kappa shape index (κ2) is 7.67. The number of aromatic amines is 1. The number of aliphatic hydroxyl groups excluding tert-OH is 1. The molecule has 0 saturated carbocycles. The quantitative estimate of drug-likeness (QED) is 0.704. The zero-order valence-electron chi connectivity index (χ0n) is 12.9. The highest BCUT2D eigenvalue weighted by molar-refractivity contribution is 5.61. The van der Waals surface area contributed by atoms with Gasteiger partial charge in [-0.1, -0.05) is 30.3 Å². The van der Waals surface area contributed by atoms with Gasteiger partial charge in [0.05, 0.1) is 18.5 Å². The number of nitrogens with zero attached hydrogens (tertiary/aromatic N) is 3. The Kier molecular flexibility index (Phi) is 5.13. The van der Waals surface area contributed by atoms with E-state index in [1.165, 1.54) is 5.56 Å². The first-order chi connectivity index (χ1) is 11.4. The first kappa shape index (κ1) is 15.4. The molecular weight excluding hydrogens is 288 g/mol. The molecule has 0 aliphatic carbocycles. The van der Waals surface area contributed by atoms with Crippen LogP contribution in [0.15, 0.2) is 61.1 Å². The summed E-state index contributed by atoms with van der Waals surface area (Å²) in [6.45, 7) is 2.26. The van der Waals surface area contributed by atoms with Crippen molar-refractivity contribution in [2.45, 2.75) is 13.1 Å². The third kappa shape index (κ3) is 4.03. The Morgan fingerprint density at radius 2 is 1.87 bits per heavy atom. The average molecular weight is 308 g/mol. The molecule has 0 atom stereocenters. The Morgan fingerprint density at radius 3 is 2.61 bits per heavy atom. The van der Waals surface area contributed by atoms with Crippen LogP contribution in [0.4, 0.5) is 0 Å². The number of pyridine rings is 1. The van der Waals surface area contributed by atoms with E-state index in [4.69, 9.17) is 0 Å². The SMILES string of the molecule is OCCN(Cc1ccccc1)Cc1cn[nH]c1-c1cccnc1. The van der Waals surface area contributed by atoms with Crippen molar-refractivity contribution < 1.29 is 5.11 Å². The van der Waals surface area contributed by atoms with Crippen molar-refractivity contribution in [3.63, 3.8) is 0 Å². The molecule has 0 aliphatic rings. The highest BCUT2D eigenvalue weighted by Crippen LogP contribution is 2.21. The highest BCUT2D eigenvalue weighted by Gasteiger charge is 2.13. The van der Waals surface area contributed by atoms with Crippen molar-refractivity contribution in [2.75, 3.05) is 13.2 Å². The Bertz CT molecular complexity index is 712. The minimum atomic E-state index is 0.132. The van der Waals surface area contributed by atoms with Crippen LogP contribution in [0.2, 0.25) is 0 Å². The third-order valence-electron chi connectivity index (χ3n) is 3.73. The lowest BCUT2D eigenvalue weighted by molar-refractivity contribution is 0.184. The maximum Gasteiger partial charge on any atom is 0.0710 e. The van der Waals surface area contributed by atoms with Crippen LogP contribution in [0, 0.1) is 0 Å². The zero-order valence-corrected chi connectivity index (χ0v) is 12.9. The molecule has 2 heterocycles. The molecule has 2 aromatic heterocycles. The van der Waals surface area contributed by atoms with E-state index in [1.54, 1.807) is 6.20 Å². The molecule has 0 saturated heterocycles. The first-order valence-corrected chi connectivity index (χ1v) is 7.66. The molecule has 0 amide bonds. The first-order valence-electron chi connectivity index (χ1n) is 7.66. The monoisotopic (exact) mass is 308 g/mol. The molecule has 2 N–H and O–H groups in total. The molecule has 3 rings (SSSR count). The predicted molar refractivity (Wildman–Crippen MR) is 89.5 cm³/mol. The maximum absolute atomic E-state index is 9.35. The van der Waals surface area contributed by atoms with Gasteiger partial charge in [-0.25, -0.2) is 0 Å². The number of aliphatic hydroxyl groups is 1. The number of hydrogen-bond acceptors (Lipinski definition) is 4. The lowest BCUT2D eigenvalue weighted by atomic mass is 10.1. The Labute approximate surface area is 135 Å². The van der Waals surface area contributed by atoms with Gasteiger partial charge < -0.3 is 5.11 Å². The average Bonchev–Trinajstić information content (AvgIpc) is 3.05. The summed E-state index contributed by atoms with van der Waals surface area (Å²) in [5.41, 5.74) is 4.33. The summed E-state index contributed by atoms with van der Waals surface area (Å²) < 4.78 is 0. The Balaban J connectivity index is 1.77. The zero-order chi connectivity index (χ0) is 15.9. The number of benzene rings is 1. The molecule has 0 unspecified atom stereocenters. The van der Waals surface area contributed by atoms with Crippen molar-refractivity contribution in [3.05, 3.63) is 72.2 Å². The van der Waals surface area contributed by atoms with Crippen molar-refractivity contribution in [1.82, 2.24) is 20.1 Å². The third-order valence-corrected chi connectivity index (χ3v) is 3.73. The van der Waals surface area contributed by atoms with Gasteiger partial charge in [-0.3, -0.25) is 15.0 Å². The van der Waals surface area contributed by atoms with E-state index in [2.05, 4.69) is 32.2 Å². The van der Waals surface area contributed by atoms with E-state index < -0.39 is 0 Å². The van der Waals surface area contributed by atoms with Gasteiger partial charge in [0.25, 0.3) is 0 Å². The number of hydrogen-bond donors (Lipinski definition) is 2. The molecule has 118 valence electrons. The van der Waals surface area contributed by atoms with Gasteiger partial charge in [0.15, 0.2) is 0 Å². The summed E-state index contributed by atoms with van der Waals surface area (Å²) in [6.07, 6.45) is 5.43. The molecule has 0 bridgehead atoms. The van der Waals surface area contributed by atoms with Gasteiger partial charge >= 0.3 is 0 Å². The minimum Gasteiger partial charge on any atom is -0.395 e. The molecule has 0 aliphatic heterocycles.